The van der Waals surface area contributed by atoms with Crippen molar-refractivity contribution in [1.82, 2.24) is 19.0 Å². The number of hydrogen-bond acceptors (Lipinski definition) is 4. The number of rotatable bonds is 5. The minimum atomic E-state index is -0.640. The molecule has 3 heterocycles. The molecule has 2 aromatic heterocycles. The molecule has 9 heteroatoms. The van der Waals surface area contributed by atoms with Crippen LogP contribution in [0, 0.1) is 5.82 Å². The first-order chi connectivity index (χ1) is 16.5. The molecule has 0 bridgehead atoms. The van der Waals surface area contributed by atoms with Crippen molar-refractivity contribution in [2.45, 2.75) is 12.5 Å². The lowest BCUT2D eigenvalue weighted by atomic mass is 10.2. The maximum absolute atomic E-state index is 14.2. The van der Waals surface area contributed by atoms with Crippen LogP contribution in [0.1, 0.15) is 12.5 Å². The third kappa shape index (κ3) is 3.76. The number of likely N-dealkylation sites (tertiary alicyclic amines) is 1. The predicted octanol–water partition coefficient (Wildman–Crippen LogP) is 4.73. The van der Waals surface area contributed by atoms with Crippen LogP contribution in [0.5, 0.6) is 11.5 Å². The first-order valence-corrected chi connectivity index (χ1v) is 11.1. The van der Waals surface area contributed by atoms with Crippen molar-refractivity contribution < 1.29 is 13.9 Å². The molecule has 0 aliphatic carbocycles. The Bertz CT molecular complexity index is 1460. The van der Waals surface area contributed by atoms with Crippen molar-refractivity contribution in [2.75, 3.05) is 13.1 Å². The molecule has 172 valence electrons. The molecule has 0 N–H and O–H groups in total. The summed E-state index contributed by atoms with van der Waals surface area (Å²) in [6.45, 7) is 4.54. The molecule has 0 radical (unpaired) electrons. The van der Waals surface area contributed by atoms with Crippen molar-refractivity contribution in [2.24, 2.45) is 0 Å². The van der Waals surface area contributed by atoms with Gasteiger partial charge in [-0.15, -0.1) is 0 Å². The van der Waals surface area contributed by atoms with Crippen LogP contribution in [0.4, 0.5) is 4.39 Å². The van der Waals surface area contributed by atoms with Gasteiger partial charge in [0.15, 0.2) is 11.6 Å². The van der Waals surface area contributed by atoms with E-state index < -0.39 is 5.82 Å². The quantitative estimate of drug-likeness (QED) is 0.389. The number of aromatic nitrogens is 3. The maximum Gasteiger partial charge on any atom is 0.334 e. The molecule has 0 spiro atoms. The maximum atomic E-state index is 14.2. The Kier molecular flexibility index (Phi) is 5.67. The van der Waals surface area contributed by atoms with E-state index in [0.29, 0.717) is 36.5 Å². The number of benzene rings is 2. The summed E-state index contributed by atoms with van der Waals surface area (Å²) in [6, 6.07) is 12.9. The van der Waals surface area contributed by atoms with Gasteiger partial charge >= 0.3 is 5.69 Å². The topological polar surface area (TPSA) is 69.4 Å². The van der Waals surface area contributed by atoms with E-state index in [1.807, 2.05) is 0 Å². The summed E-state index contributed by atoms with van der Waals surface area (Å²) in [5.41, 5.74) is 1.77. The van der Waals surface area contributed by atoms with Gasteiger partial charge in [0.2, 0.25) is 5.91 Å². The summed E-state index contributed by atoms with van der Waals surface area (Å²) in [5, 5.41) is -0.0266. The van der Waals surface area contributed by atoms with Gasteiger partial charge in [0.25, 0.3) is 0 Å². The van der Waals surface area contributed by atoms with Crippen molar-refractivity contribution in [1.29, 1.82) is 0 Å². The summed E-state index contributed by atoms with van der Waals surface area (Å²) >= 11 is 5.82. The number of halogens is 2. The van der Waals surface area contributed by atoms with Crippen LogP contribution in [0.3, 0.4) is 0 Å². The summed E-state index contributed by atoms with van der Waals surface area (Å²) in [6.07, 6.45) is 5.23. The molecule has 1 aliphatic heterocycles. The smallest absolute Gasteiger partial charge is 0.334 e. The second kappa shape index (κ2) is 8.79. The molecule has 5 rings (SSSR count). The number of nitrogens with zero attached hydrogens (tertiary/aromatic N) is 4. The molecule has 7 nitrogen and oxygen atoms in total. The third-order valence-corrected chi connectivity index (χ3v) is 6.22. The van der Waals surface area contributed by atoms with Gasteiger partial charge in [-0.25, -0.2) is 9.18 Å². The van der Waals surface area contributed by atoms with Crippen LogP contribution < -0.4 is 10.4 Å². The normalized spacial score (nSPS) is 15.6. The highest BCUT2D eigenvalue weighted by atomic mass is 35.5. The fourth-order valence-corrected chi connectivity index (χ4v) is 4.47. The van der Waals surface area contributed by atoms with E-state index in [1.165, 1.54) is 18.2 Å². The number of carbonyl (C=O) groups excluding carboxylic acids is 1. The SMILES string of the molecule is C=CC(=O)N1CCC(n2c(=O)n(-c3ccc(Oc4cccc(Cl)c4F)cc3)c3cnccc32)C1. The standard InChI is InChI=1S/C25H20ClFN4O3/c1-2-23(32)29-13-11-17(15-29)31-20-10-12-28-14-21(20)30(25(31)33)16-6-8-18(9-7-16)34-22-5-3-4-19(26)24(22)27/h2-10,12,14,17H,1,11,13,15H2. The highest BCUT2D eigenvalue weighted by Gasteiger charge is 2.30. The molecule has 1 fully saturated rings. The molecule has 0 saturated carbocycles. The molecular formula is C25H20ClFN4O3. The van der Waals surface area contributed by atoms with Gasteiger partial charge < -0.3 is 9.64 Å². The van der Waals surface area contributed by atoms with Crippen molar-refractivity contribution in [3.63, 3.8) is 0 Å². The van der Waals surface area contributed by atoms with Crippen molar-refractivity contribution in [3.05, 3.63) is 94.9 Å². The van der Waals surface area contributed by atoms with E-state index in [1.54, 1.807) is 62.8 Å². The van der Waals surface area contributed by atoms with Crippen LogP contribution in [-0.2, 0) is 4.79 Å². The molecule has 1 saturated heterocycles. The van der Waals surface area contributed by atoms with Gasteiger partial charge in [-0.3, -0.25) is 18.9 Å². The molecule has 1 atom stereocenters. The van der Waals surface area contributed by atoms with Crippen LogP contribution in [0.15, 0.2) is 78.4 Å². The van der Waals surface area contributed by atoms with Crippen molar-refractivity contribution in [3.8, 4) is 17.2 Å². The lowest BCUT2D eigenvalue weighted by molar-refractivity contribution is -0.125. The van der Waals surface area contributed by atoms with E-state index in [4.69, 9.17) is 16.3 Å². The van der Waals surface area contributed by atoms with E-state index in [9.17, 15) is 14.0 Å². The highest BCUT2D eigenvalue weighted by molar-refractivity contribution is 6.30. The van der Waals surface area contributed by atoms with Crippen LogP contribution in [0.2, 0.25) is 5.02 Å². The van der Waals surface area contributed by atoms with Gasteiger partial charge in [0, 0.05) is 19.3 Å². The molecule has 2 aromatic carbocycles. The monoisotopic (exact) mass is 478 g/mol. The summed E-state index contributed by atoms with van der Waals surface area (Å²) in [4.78, 5) is 31.5. The van der Waals surface area contributed by atoms with Crippen molar-refractivity contribution >= 4 is 28.5 Å². The molecule has 1 unspecified atom stereocenters. The minimum absolute atomic E-state index is 0.0121. The number of fused-ring (bicyclic) bond motifs is 1. The first kappa shape index (κ1) is 21.9. The minimum Gasteiger partial charge on any atom is -0.454 e. The van der Waals surface area contributed by atoms with Gasteiger partial charge in [0.05, 0.1) is 34.0 Å². The van der Waals surface area contributed by atoms with Gasteiger partial charge in [-0.1, -0.05) is 24.2 Å². The van der Waals surface area contributed by atoms with Gasteiger partial charge in [0.1, 0.15) is 5.75 Å². The van der Waals surface area contributed by atoms with Crippen LogP contribution in [0.25, 0.3) is 16.7 Å². The number of hydrogen-bond donors (Lipinski definition) is 0. The highest BCUT2D eigenvalue weighted by Crippen LogP contribution is 2.30. The Hall–Kier alpha value is -3.91. The van der Waals surface area contributed by atoms with Crippen LogP contribution >= 0.6 is 11.6 Å². The molecule has 4 aromatic rings. The summed E-state index contributed by atoms with van der Waals surface area (Å²) < 4.78 is 23.1. The Morgan fingerprint density at radius 1 is 1.18 bits per heavy atom. The van der Waals surface area contributed by atoms with E-state index >= 15 is 0 Å². The Labute approximate surface area is 199 Å². The lowest BCUT2D eigenvalue weighted by Gasteiger charge is -2.15. The van der Waals surface area contributed by atoms with E-state index in [0.717, 1.165) is 5.52 Å². The largest absolute Gasteiger partial charge is 0.454 e. The molecular weight excluding hydrogens is 459 g/mol. The zero-order valence-corrected chi connectivity index (χ0v) is 18.8. The Morgan fingerprint density at radius 2 is 1.97 bits per heavy atom. The number of amides is 1. The number of ether oxygens (including phenoxy) is 1. The Balaban J connectivity index is 1.50. The number of carbonyl (C=O) groups is 1. The van der Waals surface area contributed by atoms with Gasteiger partial charge in [-0.2, -0.15) is 0 Å². The zero-order chi connectivity index (χ0) is 23.8. The fourth-order valence-electron chi connectivity index (χ4n) is 4.31. The first-order valence-electron chi connectivity index (χ1n) is 10.7. The molecule has 34 heavy (non-hydrogen) atoms. The molecule has 1 aliphatic rings. The Morgan fingerprint density at radius 3 is 2.74 bits per heavy atom. The summed E-state index contributed by atoms with van der Waals surface area (Å²) in [5.74, 6) is -0.376. The third-order valence-electron chi connectivity index (χ3n) is 5.93. The number of imidazole rings is 1. The van der Waals surface area contributed by atoms with E-state index in [2.05, 4.69) is 11.6 Å². The van der Waals surface area contributed by atoms with E-state index in [-0.39, 0.29) is 28.4 Å². The fraction of sp³-hybridized carbons (Fsp3) is 0.160. The second-order valence-electron chi connectivity index (χ2n) is 7.93. The lowest BCUT2D eigenvalue weighted by Crippen LogP contribution is -2.31. The molecule has 1 amide bonds. The second-order valence-corrected chi connectivity index (χ2v) is 8.34. The zero-order valence-electron chi connectivity index (χ0n) is 18.0. The average molecular weight is 479 g/mol. The predicted molar refractivity (Wildman–Crippen MR) is 127 cm³/mol. The summed E-state index contributed by atoms with van der Waals surface area (Å²) in [7, 11) is 0. The van der Waals surface area contributed by atoms with Gasteiger partial charge in [-0.05, 0) is 55.0 Å². The van der Waals surface area contributed by atoms with Crippen LogP contribution in [-0.4, -0.2) is 38.0 Å². The average Bonchev–Trinajstić information content (AvgIpc) is 3.44. The number of pyridine rings is 1.